The highest BCUT2D eigenvalue weighted by Crippen LogP contribution is 2.62. The van der Waals surface area contributed by atoms with E-state index in [4.69, 9.17) is 4.43 Å². The molecule has 3 aliphatic rings. The number of hydrogen-bond acceptors (Lipinski definition) is 1. The summed E-state index contributed by atoms with van der Waals surface area (Å²) in [5.74, 6) is 2.59. The van der Waals surface area contributed by atoms with Crippen molar-refractivity contribution in [3.63, 3.8) is 0 Å². The van der Waals surface area contributed by atoms with E-state index in [1.807, 2.05) is 0 Å². The minimum Gasteiger partial charge on any atom is -0.417 e. The van der Waals surface area contributed by atoms with Crippen molar-refractivity contribution in [3.05, 3.63) is 41.5 Å². The summed E-state index contributed by atoms with van der Waals surface area (Å²) in [4.78, 5) is 0. The van der Waals surface area contributed by atoms with Crippen LogP contribution in [0.2, 0.25) is 18.1 Å². The highest BCUT2D eigenvalue weighted by atomic mass is 28.4. The van der Waals surface area contributed by atoms with Crippen LogP contribution in [0, 0.1) is 17.3 Å². The molecular formula is C27H42OSi. The van der Waals surface area contributed by atoms with Gasteiger partial charge >= 0.3 is 0 Å². The molecule has 0 spiro atoms. The third kappa shape index (κ3) is 3.92. The Labute approximate surface area is 180 Å². The first-order valence-corrected chi connectivity index (χ1v) is 15.0. The van der Waals surface area contributed by atoms with Crippen molar-refractivity contribution in [2.45, 2.75) is 96.7 Å². The summed E-state index contributed by atoms with van der Waals surface area (Å²) in [6.45, 7) is 15.2. The fraction of sp³-hybridized carbons (Fsp3) is 0.704. The fourth-order valence-electron chi connectivity index (χ4n) is 6.39. The number of hydrogen-bond donors (Lipinski definition) is 0. The van der Waals surface area contributed by atoms with Gasteiger partial charge in [0, 0.05) is 6.61 Å². The summed E-state index contributed by atoms with van der Waals surface area (Å²) in [5, 5.41) is 0.291. The number of fused-ring (bicyclic) bond motifs is 5. The Hall–Kier alpha value is -0.863. The summed E-state index contributed by atoms with van der Waals surface area (Å²) in [6.07, 6.45) is 12.1. The summed E-state index contributed by atoms with van der Waals surface area (Å²) in [7, 11) is -1.65. The van der Waals surface area contributed by atoms with E-state index in [0.717, 1.165) is 30.8 Å². The smallest absolute Gasteiger partial charge is 0.191 e. The number of benzene rings is 1. The van der Waals surface area contributed by atoms with E-state index in [-0.39, 0.29) is 0 Å². The molecule has 0 radical (unpaired) electrons. The lowest BCUT2D eigenvalue weighted by Gasteiger charge is -2.49. The fourth-order valence-corrected chi connectivity index (χ4v) is 7.45. The molecule has 160 valence electrons. The molecule has 1 aromatic rings. The average Bonchev–Trinajstić information content (AvgIpc) is 3.06. The second kappa shape index (κ2) is 7.68. The molecule has 1 aromatic carbocycles. The van der Waals surface area contributed by atoms with Crippen LogP contribution in [-0.4, -0.2) is 14.9 Å². The first-order valence-electron chi connectivity index (χ1n) is 12.0. The Balaban J connectivity index is 1.54. The minimum absolute atomic E-state index is 0.291. The van der Waals surface area contributed by atoms with Crippen LogP contribution < -0.4 is 0 Å². The van der Waals surface area contributed by atoms with Crippen molar-refractivity contribution in [2.24, 2.45) is 17.3 Å². The Morgan fingerprint density at radius 2 is 1.90 bits per heavy atom. The van der Waals surface area contributed by atoms with E-state index < -0.39 is 8.32 Å². The SMILES string of the molecule is CC(C)(C)[Si](C)(C)OCCC=C1C[C@@H]2[C@H](CC[C@]3(C)CCC[C@@H]23)c2ccccc21. The van der Waals surface area contributed by atoms with Crippen molar-refractivity contribution < 1.29 is 4.43 Å². The predicted molar refractivity (Wildman–Crippen MR) is 128 cm³/mol. The van der Waals surface area contributed by atoms with Crippen molar-refractivity contribution in [1.29, 1.82) is 0 Å². The Bertz CT molecular complexity index is 771. The first kappa shape index (κ1) is 21.4. The topological polar surface area (TPSA) is 9.23 Å². The van der Waals surface area contributed by atoms with Crippen LogP contribution in [-0.2, 0) is 4.43 Å². The molecule has 4 atom stereocenters. The molecule has 0 aliphatic heterocycles. The van der Waals surface area contributed by atoms with Crippen LogP contribution >= 0.6 is 0 Å². The van der Waals surface area contributed by atoms with E-state index in [1.165, 1.54) is 38.5 Å². The normalized spacial score (nSPS) is 33.3. The largest absolute Gasteiger partial charge is 0.417 e. The zero-order chi connectivity index (χ0) is 20.9. The van der Waals surface area contributed by atoms with Gasteiger partial charge in [-0.05, 0) is 96.5 Å². The highest BCUT2D eigenvalue weighted by molar-refractivity contribution is 6.74. The van der Waals surface area contributed by atoms with Gasteiger partial charge in [-0.1, -0.05) is 64.5 Å². The maximum atomic E-state index is 6.46. The molecule has 29 heavy (non-hydrogen) atoms. The van der Waals surface area contributed by atoms with Crippen molar-refractivity contribution >= 4 is 13.9 Å². The first-order chi connectivity index (χ1) is 13.6. The summed E-state index contributed by atoms with van der Waals surface area (Å²) in [6, 6.07) is 9.32. The average molecular weight is 411 g/mol. The molecule has 0 bridgehead atoms. The second-order valence-electron chi connectivity index (χ2n) is 11.9. The minimum atomic E-state index is -1.65. The van der Waals surface area contributed by atoms with E-state index in [0.29, 0.717) is 10.5 Å². The van der Waals surface area contributed by atoms with Gasteiger partial charge in [-0.3, -0.25) is 0 Å². The quantitative estimate of drug-likeness (QED) is 0.359. The van der Waals surface area contributed by atoms with Gasteiger partial charge in [-0.15, -0.1) is 0 Å². The third-order valence-corrected chi connectivity index (χ3v) is 13.7. The van der Waals surface area contributed by atoms with Crippen LogP contribution in [0.15, 0.2) is 30.3 Å². The third-order valence-electron chi connectivity index (χ3n) is 9.16. The zero-order valence-corrected chi connectivity index (χ0v) is 20.7. The second-order valence-corrected chi connectivity index (χ2v) is 16.7. The van der Waals surface area contributed by atoms with Gasteiger partial charge in [0.1, 0.15) is 0 Å². The lowest BCUT2D eigenvalue weighted by Crippen LogP contribution is -2.41. The van der Waals surface area contributed by atoms with E-state index >= 15 is 0 Å². The molecule has 2 fully saturated rings. The molecule has 0 heterocycles. The van der Waals surface area contributed by atoms with Gasteiger partial charge in [0.2, 0.25) is 0 Å². The molecule has 2 heteroatoms. The van der Waals surface area contributed by atoms with Gasteiger partial charge in [0.25, 0.3) is 0 Å². The van der Waals surface area contributed by atoms with Gasteiger partial charge in [-0.25, -0.2) is 0 Å². The number of allylic oxidation sites excluding steroid dienone is 1. The van der Waals surface area contributed by atoms with Crippen molar-refractivity contribution in [2.75, 3.05) is 6.61 Å². The maximum Gasteiger partial charge on any atom is 0.191 e. The highest BCUT2D eigenvalue weighted by Gasteiger charge is 2.50. The van der Waals surface area contributed by atoms with E-state index in [1.54, 1.807) is 16.7 Å². The van der Waals surface area contributed by atoms with Gasteiger partial charge in [-0.2, -0.15) is 0 Å². The Kier molecular flexibility index (Phi) is 5.66. The monoisotopic (exact) mass is 410 g/mol. The molecule has 0 amide bonds. The molecule has 0 N–H and O–H groups in total. The predicted octanol–water partition coefficient (Wildman–Crippen LogP) is 8.19. The Morgan fingerprint density at radius 3 is 2.66 bits per heavy atom. The van der Waals surface area contributed by atoms with Gasteiger partial charge in [0.05, 0.1) is 0 Å². The molecular weight excluding hydrogens is 368 g/mol. The van der Waals surface area contributed by atoms with Crippen LogP contribution in [0.4, 0.5) is 0 Å². The summed E-state index contributed by atoms with van der Waals surface area (Å²) in [5.41, 5.74) is 5.41. The number of rotatable bonds is 4. The van der Waals surface area contributed by atoms with Crippen molar-refractivity contribution in [1.82, 2.24) is 0 Å². The molecule has 0 aromatic heterocycles. The molecule has 3 aliphatic carbocycles. The maximum absolute atomic E-state index is 6.46. The Morgan fingerprint density at radius 1 is 1.14 bits per heavy atom. The standard InChI is InChI=1S/C27H42OSi/c1-26(2,3)29(5,6)28-18-10-11-20-19-24-23(22-13-8-7-12-21(20)22)15-17-27(4)16-9-14-25(24)27/h7-8,11-13,23-25H,9-10,14-19H2,1-6H3/t23-,24-,25+,27+/m1/s1. The van der Waals surface area contributed by atoms with Crippen LogP contribution in [0.5, 0.6) is 0 Å². The zero-order valence-electron chi connectivity index (χ0n) is 19.7. The molecule has 0 unspecified atom stereocenters. The van der Waals surface area contributed by atoms with Gasteiger partial charge < -0.3 is 4.43 Å². The lowest BCUT2D eigenvalue weighted by molar-refractivity contribution is 0.0702. The lowest BCUT2D eigenvalue weighted by atomic mass is 9.55. The van der Waals surface area contributed by atoms with Crippen LogP contribution in [0.25, 0.3) is 5.57 Å². The van der Waals surface area contributed by atoms with Crippen LogP contribution in [0.3, 0.4) is 0 Å². The van der Waals surface area contributed by atoms with Gasteiger partial charge in [0.15, 0.2) is 8.32 Å². The van der Waals surface area contributed by atoms with E-state index in [2.05, 4.69) is 71.1 Å². The van der Waals surface area contributed by atoms with Crippen molar-refractivity contribution in [3.8, 4) is 0 Å². The van der Waals surface area contributed by atoms with Crippen LogP contribution in [0.1, 0.15) is 89.7 Å². The summed E-state index contributed by atoms with van der Waals surface area (Å²) < 4.78 is 6.46. The molecule has 2 saturated carbocycles. The molecule has 0 saturated heterocycles. The molecule has 4 rings (SSSR count). The van der Waals surface area contributed by atoms with E-state index in [9.17, 15) is 0 Å². The summed E-state index contributed by atoms with van der Waals surface area (Å²) >= 11 is 0. The molecule has 1 nitrogen and oxygen atoms in total.